The molecule has 1 aliphatic rings. The summed E-state index contributed by atoms with van der Waals surface area (Å²) in [6, 6.07) is 13.8. The molecular weight excluding hydrogens is 419 g/mol. The van der Waals surface area contributed by atoms with Crippen LogP contribution in [0.15, 0.2) is 53.1 Å². The molecule has 0 atom stereocenters. The van der Waals surface area contributed by atoms with Crippen LogP contribution in [0, 0.1) is 18.7 Å². The van der Waals surface area contributed by atoms with Gasteiger partial charge in [0.2, 0.25) is 5.88 Å². The van der Waals surface area contributed by atoms with Gasteiger partial charge in [-0.3, -0.25) is 0 Å². The molecular formula is C26H31FN4O2. The number of aryl methyl sites for hydroxylation is 1. The van der Waals surface area contributed by atoms with Gasteiger partial charge < -0.3 is 19.6 Å². The van der Waals surface area contributed by atoms with E-state index < -0.39 is 0 Å². The first-order valence-electron chi connectivity index (χ1n) is 11.6. The second-order valence-corrected chi connectivity index (χ2v) is 8.61. The predicted molar refractivity (Wildman–Crippen MR) is 129 cm³/mol. The minimum absolute atomic E-state index is 0.150. The highest BCUT2D eigenvalue weighted by molar-refractivity contribution is 5.89. The Bertz CT molecular complexity index is 1070. The predicted octanol–water partition coefficient (Wildman–Crippen LogP) is 6.08. The summed E-state index contributed by atoms with van der Waals surface area (Å²) in [4.78, 5) is 17.2. The van der Waals surface area contributed by atoms with Crippen molar-refractivity contribution >= 4 is 17.6 Å². The molecule has 4 rings (SSSR count). The van der Waals surface area contributed by atoms with Crippen molar-refractivity contribution in [2.24, 2.45) is 5.92 Å². The summed E-state index contributed by atoms with van der Waals surface area (Å²) in [6.45, 7) is 8.65. The molecule has 3 aromatic rings. The fourth-order valence-electron chi connectivity index (χ4n) is 3.90. The third-order valence-electron chi connectivity index (χ3n) is 6.05. The van der Waals surface area contributed by atoms with Gasteiger partial charge in [0, 0.05) is 30.9 Å². The minimum Gasteiger partial charge on any atom is -0.341 e. The number of halogens is 1. The van der Waals surface area contributed by atoms with Crippen molar-refractivity contribution in [2.75, 3.05) is 29.9 Å². The monoisotopic (exact) mass is 450 g/mol. The standard InChI is InChI=1S/C26H31FN4O2/c1-4-30(5-2)25-23(24(29-33-25)20-10-12-21(27)13-11-20)17-31(16-19-8-9-19)26(32)28-22-14-6-18(3)7-15-22/h6-7,10-15,19H,4-5,8-9,16-17H2,1-3H3,(H,28,32). The number of nitrogens with zero attached hydrogens (tertiary/aromatic N) is 3. The molecule has 6 nitrogen and oxygen atoms in total. The van der Waals surface area contributed by atoms with E-state index in [9.17, 15) is 9.18 Å². The van der Waals surface area contributed by atoms with Gasteiger partial charge in [0.1, 0.15) is 11.5 Å². The van der Waals surface area contributed by atoms with Gasteiger partial charge in [0.15, 0.2) is 0 Å². The first kappa shape index (κ1) is 22.8. The first-order valence-corrected chi connectivity index (χ1v) is 11.6. The molecule has 1 heterocycles. The normalized spacial score (nSPS) is 13.1. The van der Waals surface area contributed by atoms with Gasteiger partial charge in [-0.2, -0.15) is 0 Å². The molecule has 33 heavy (non-hydrogen) atoms. The second kappa shape index (κ2) is 10.1. The zero-order valence-corrected chi connectivity index (χ0v) is 19.5. The number of nitrogens with one attached hydrogen (secondary N) is 1. The topological polar surface area (TPSA) is 61.6 Å². The van der Waals surface area contributed by atoms with E-state index in [1.54, 1.807) is 12.1 Å². The summed E-state index contributed by atoms with van der Waals surface area (Å²) >= 11 is 0. The van der Waals surface area contributed by atoms with Gasteiger partial charge in [-0.1, -0.05) is 22.9 Å². The van der Waals surface area contributed by atoms with Crippen LogP contribution in [-0.4, -0.2) is 35.7 Å². The number of hydrogen-bond donors (Lipinski definition) is 1. The summed E-state index contributed by atoms with van der Waals surface area (Å²) in [5.41, 5.74) is 4.14. The van der Waals surface area contributed by atoms with Crippen LogP contribution < -0.4 is 10.2 Å². The highest BCUT2D eigenvalue weighted by Gasteiger charge is 2.30. The fraction of sp³-hybridized carbons (Fsp3) is 0.385. The number of urea groups is 1. The molecule has 7 heteroatoms. The number of benzene rings is 2. The molecule has 0 bridgehead atoms. The summed E-state index contributed by atoms with van der Waals surface area (Å²) in [7, 11) is 0. The average molecular weight is 451 g/mol. The van der Waals surface area contributed by atoms with E-state index in [1.165, 1.54) is 12.1 Å². The number of rotatable bonds is 9. The molecule has 1 saturated carbocycles. The summed E-state index contributed by atoms with van der Waals surface area (Å²) in [5, 5.41) is 7.37. The zero-order chi connectivity index (χ0) is 23.4. The van der Waals surface area contributed by atoms with Gasteiger partial charge in [0.25, 0.3) is 0 Å². The average Bonchev–Trinajstić information content (AvgIpc) is 3.55. The molecule has 0 spiro atoms. The largest absolute Gasteiger partial charge is 0.341 e. The lowest BCUT2D eigenvalue weighted by Gasteiger charge is -2.25. The van der Waals surface area contributed by atoms with Crippen molar-refractivity contribution in [1.29, 1.82) is 0 Å². The Hall–Kier alpha value is -3.35. The number of carbonyl (C=O) groups excluding carboxylic acids is 1. The van der Waals surface area contributed by atoms with Crippen LogP contribution in [0.25, 0.3) is 11.3 Å². The maximum Gasteiger partial charge on any atom is 0.322 e. The van der Waals surface area contributed by atoms with E-state index >= 15 is 0 Å². The fourth-order valence-corrected chi connectivity index (χ4v) is 3.90. The molecule has 174 valence electrons. The van der Waals surface area contributed by atoms with Gasteiger partial charge in [-0.05, 0) is 75.9 Å². The van der Waals surface area contributed by atoms with Crippen LogP contribution in [0.1, 0.15) is 37.8 Å². The van der Waals surface area contributed by atoms with E-state index in [4.69, 9.17) is 4.52 Å². The maximum absolute atomic E-state index is 13.5. The lowest BCUT2D eigenvalue weighted by molar-refractivity contribution is 0.206. The van der Waals surface area contributed by atoms with E-state index in [0.29, 0.717) is 30.6 Å². The summed E-state index contributed by atoms with van der Waals surface area (Å²) < 4.78 is 19.3. The van der Waals surface area contributed by atoms with Crippen LogP contribution in [0.2, 0.25) is 0 Å². The van der Waals surface area contributed by atoms with Crippen LogP contribution >= 0.6 is 0 Å². The molecule has 1 fully saturated rings. The highest BCUT2D eigenvalue weighted by Crippen LogP contribution is 2.35. The summed E-state index contributed by atoms with van der Waals surface area (Å²) in [6.07, 6.45) is 2.26. The highest BCUT2D eigenvalue weighted by atomic mass is 19.1. The Balaban J connectivity index is 1.66. The number of carbonyl (C=O) groups is 1. The molecule has 0 aliphatic heterocycles. The smallest absolute Gasteiger partial charge is 0.322 e. The minimum atomic E-state index is -0.305. The van der Waals surface area contributed by atoms with Gasteiger partial charge in [-0.15, -0.1) is 0 Å². The second-order valence-electron chi connectivity index (χ2n) is 8.61. The Morgan fingerprint density at radius 1 is 1.09 bits per heavy atom. The molecule has 0 radical (unpaired) electrons. The van der Waals surface area contributed by atoms with Crippen LogP contribution in [-0.2, 0) is 6.54 Å². The van der Waals surface area contributed by atoms with E-state index in [0.717, 1.165) is 48.3 Å². The van der Waals surface area contributed by atoms with E-state index in [2.05, 4.69) is 29.2 Å². The number of hydrogen-bond acceptors (Lipinski definition) is 4. The lowest BCUT2D eigenvalue weighted by atomic mass is 10.1. The maximum atomic E-state index is 13.5. The SMILES string of the molecule is CCN(CC)c1onc(-c2ccc(F)cc2)c1CN(CC1CC1)C(=O)Nc1ccc(C)cc1. The van der Waals surface area contributed by atoms with E-state index in [-0.39, 0.29) is 11.8 Å². The number of anilines is 2. The molecule has 1 aromatic heterocycles. The van der Waals surface area contributed by atoms with Crippen molar-refractivity contribution in [2.45, 2.75) is 40.2 Å². The third kappa shape index (κ3) is 5.53. The van der Waals surface area contributed by atoms with Gasteiger partial charge >= 0.3 is 6.03 Å². The van der Waals surface area contributed by atoms with Crippen LogP contribution in [0.5, 0.6) is 0 Å². The van der Waals surface area contributed by atoms with Gasteiger partial charge in [-0.25, -0.2) is 9.18 Å². The van der Waals surface area contributed by atoms with Crippen molar-refractivity contribution in [1.82, 2.24) is 10.1 Å². The van der Waals surface area contributed by atoms with Gasteiger partial charge in [0.05, 0.1) is 12.1 Å². The van der Waals surface area contributed by atoms with Crippen LogP contribution in [0.4, 0.5) is 20.8 Å². The third-order valence-corrected chi connectivity index (χ3v) is 6.05. The molecule has 1 aliphatic carbocycles. The van der Waals surface area contributed by atoms with Crippen molar-refractivity contribution in [3.05, 3.63) is 65.5 Å². The van der Waals surface area contributed by atoms with Crippen molar-refractivity contribution in [3.8, 4) is 11.3 Å². The number of aromatic nitrogens is 1. The Morgan fingerprint density at radius 2 is 1.76 bits per heavy atom. The lowest BCUT2D eigenvalue weighted by Crippen LogP contribution is -2.36. The molecule has 0 saturated heterocycles. The van der Waals surface area contributed by atoms with Crippen molar-refractivity contribution < 1.29 is 13.7 Å². The quantitative estimate of drug-likeness (QED) is 0.429. The summed E-state index contributed by atoms with van der Waals surface area (Å²) in [5.74, 6) is 0.864. The van der Waals surface area contributed by atoms with Crippen molar-refractivity contribution in [3.63, 3.8) is 0 Å². The Labute approximate surface area is 194 Å². The molecule has 0 unspecified atom stereocenters. The number of amides is 2. The van der Waals surface area contributed by atoms with Crippen LogP contribution in [0.3, 0.4) is 0 Å². The first-order chi connectivity index (χ1) is 16.0. The zero-order valence-electron chi connectivity index (χ0n) is 19.5. The molecule has 1 N–H and O–H groups in total. The Kier molecular flexibility index (Phi) is 6.96. The molecule has 2 aromatic carbocycles. The Morgan fingerprint density at radius 3 is 2.36 bits per heavy atom. The molecule has 2 amide bonds. The van der Waals surface area contributed by atoms with E-state index in [1.807, 2.05) is 36.1 Å².